The molecule has 100 valence electrons. The SMILES string of the molecule is CCc1cn(C2CC2)c(N2CCC(CN)CC2)n1. The number of hydrogen-bond donors (Lipinski definition) is 1. The Bertz CT molecular complexity index is 400. The quantitative estimate of drug-likeness (QED) is 0.886. The lowest BCUT2D eigenvalue weighted by Crippen LogP contribution is -2.37. The van der Waals surface area contributed by atoms with Gasteiger partial charge < -0.3 is 15.2 Å². The molecule has 0 spiro atoms. The Morgan fingerprint density at radius 2 is 2.00 bits per heavy atom. The minimum atomic E-state index is 0.719. The number of piperidine rings is 1. The van der Waals surface area contributed by atoms with Gasteiger partial charge in [-0.05, 0) is 44.6 Å². The fourth-order valence-corrected chi connectivity index (χ4v) is 2.83. The minimum Gasteiger partial charge on any atom is -0.342 e. The topological polar surface area (TPSA) is 47.1 Å². The van der Waals surface area contributed by atoms with Gasteiger partial charge in [-0.2, -0.15) is 0 Å². The van der Waals surface area contributed by atoms with Crippen molar-refractivity contribution in [3.63, 3.8) is 0 Å². The van der Waals surface area contributed by atoms with E-state index in [0.29, 0.717) is 0 Å². The van der Waals surface area contributed by atoms with Gasteiger partial charge >= 0.3 is 0 Å². The molecule has 18 heavy (non-hydrogen) atoms. The van der Waals surface area contributed by atoms with Crippen LogP contribution in [0.1, 0.15) is 44.3 Å². The van der Waals surface area contributed by atoms with E-state index in [1.54, 1.807) is 0 Å². The number of nitrogens with zero attached hydrogens (tertiary/aromatic N) is 3. The molecule has 1 aliphatic carbocycles. The van der Waals surface area contributed by atoms with Gasteiger partial charge in [0.05, 0.1) is 5.69 Å². The lowest BCUT2D eigenvalue weighted by molar-refractivity contribution is 0.408. The van der Waals surface area contributed by atoms with Crippen molar-refractivity contribution in [1.29, 1.82) is 0 Å². The van der Waals surface area contributed by atoms with Crippen molar-refractivity contribution >= 4 is 5.95 Å². The summed E-state index contributed by atoms with van der Waals surface area (Å²) in [7, 11) is 0. The Morgan fingerprint density at radius 1 is 1.28 bits per heavy atom. The Kier molecular flexibility index (Phi) is 3.29. The van der Waals surface area contributed by atoms with Crippen molar-refractivity contribution in [2.45, 2.75) is 45.1 Å². The predicted octanol–water partition coefficient (Wildman–Crippen LogP) is 1.96. The molecule has 1 aromatic heterocycles. The van der Waals surface area contributed by atoms with Crippen LogP contribution in [0, 0.1) is 5.92 Å². The van der Waals surface area contributed by atoms with Crippen LogP contribution in [0.15, 0.2) is 6.20 Å². The van der Waals surface area contributed by atoms with Gasteiger partial charge in [0.15, 0.2) is 0 Å². The van der Waals surface area contributed by atoms with Gasteiger partial charge in [0, 0.05) is 25.3 Å². The third kappa shape index (κ3) is 2.26. The number of aromatic nitrogens is 2. The summed E-state index contributed by atoms with van der Waals surface area (Å²) >= 11 is 0. The summed E-state index contributed by atoms with van der Waals surface area (Å²) in [6.07, 6.45) is 8.39. The van der Waals surface area contributed by atoms with Crippen molar-refractivity contribution in [3.8, 4) is 0 Å². The monoisotopic (exact) mass is 248 g/mol. The Morgan fingerprint density at radius 3 is 2.56 bits per heavy atom. The first-order chi connectivity index (χ1) is 8.81. The highest BCUT2D eigenvalue weighted by Gasteiger charge is 2.29. The molecule has 2 heterocycles. The van der Waals surface area contributed by atoms with Crippen LogP contribution in [0.5, 0.6) is 0 Å². The van der Waals surface area contributed by atoms with Crippen LogP contribution >= 0.6 is 0 Å². The highest BCUT2D eigenvalue weighted by molar-refractivity contribution is 5.35. The number of imidazole rings is 1. The van der Waals surface area contributed by atoms with E-state index < -0.39 is 0 Å². The molecule has 0 aromatic carbocycles. The normalized spacial score (nSPS) is 21.6. The fraction of sp³-hybridized carbons (Fsp3) is 0.786. The van der Waals surface area contributed by atoms with Crippen LogP contribution < -0.4 is 10.6 Å². The van der Waals surface area contributed by atoms with Crippen molar-refractivity contribution in [3.05, 3.63) is 11.9 Å². The average Bonchev–Trinajstić information content (AvgIpc) is 3.18. The maximum absolute atomic E-state index is 5.76. The molecular formula is C14H24N4. The van der Waals surface area contributed by atoms with Crippen molar-refractivity contribution in [2.75, 3.05) is 24.5 Å². The van der Waals surface area contributed by atoms with Crippen LogP contribution in [0.3, 0.4) is 0 Å². The van der Waals surface area contributed by atoms with Crippen LogP contribution in [0.25, 0.3) is 0 Å². The van der Waals surface area contributed by atoms with Gasteiger partial charge in [-0.1, -0.05) is 6.92 Å². The van der Waals surface area contributed by atoms with Crippen molar-refractivity contribution < 1.29 is 0 Å². The molecule has 1 aliphatic heterocycles. The zero-order chi connectivity index (χ0) is 12.5. The number of hydrogen-bond acceptors (Lipinski definition) is 3. The molecule has 0 unspecified atom stereocenters. The summed E-state index contributed by atoms with van der Waals surface area (Å²) in [5.41, 5.74) is 7.00. The van der Waals surface area contributed by atoms with E-state index in [-0.39, 0.29) is 0 Å². The van der Waals surface area contributed by atoms with E-state index in [9.17, 15) is 0 Å². The zero-order valence-electron chi connectivity index (χ0n) is 11.3. The molecule has 3 rings (SSSR count). The first-order valence-corrected chi connectivity index (χ1v) is 7.34. The Hall–Kier alpha value is -1.03. The number of anilines is 1. The van der Waals surface area contributed by atoms with Crippen LogP contribution in [0.4, 0.5) is 5.95 Å². The van der Waals surface area contributed by atoms with Gasteiger partial charge in [-0.25, -0.2) is 4.98 Å². The van der Waals surface area contributed by atoms with Crippen molar-refractivity contribution in [1.82, 2.24) is 9.55 Å². The molecule has 4 heteroatoms. The standard InChI is InChI=1S/C14H24N4/c1-2-12-10-18(13-3-4-13)14(16-12)17-7-5-11(9-15)6-8-17/h10-11,13H,2-9,15H2,1H3. The van der Waals surface area contributed by atoms with E-state index >= 15 is 0 Å². The fourth-order valence-electron chi connectivity index (χ4n) is 2.83. The first-order valence-electron chi connectivity index (χ1n) is 7.34. The average molecular weight is 248 g/mol. The lowest BCUT2D eigenvalue weighted by Gasteiger charge is -2.32. The summed E-state index contributed by atoms with van der Waals surface area (Å²) < 4.78 is 2.42. The molecular weight excluding hydrogens is 224 g/mol. The molecule has 4 nitrogen and oxygen atoms in total. The van der Waals surface area contributed by atoms with Gasteiger partial charge in [-0.15, -0.1) is 0 Å². The predicted molar refractivity (Wildman–Crippen MR) is 73.9 cm³/mol. The van der Waals surface area contributed by atoms with Crippen LogP contribution in [0.2, 0.25) is 0 Å². The highest BCUT2D eigenvalue weighted by Crippen LogP contribution is 2.39. The molecule has 1 saturated carbocycles. The molecule has 2 fully saturated rings. The highest BCUT2D eigenvalue weighted by atomic mass is 15.3. The summed E-state index contributed by atoms with van der Waals surface area (Å²) in [5.74, 6) is 1.93. The molecule has 2 aliphatic rings. The molecule has 0 amide bonds. The third-order valence-corrected chi connectivity index (χ3v) is 4.30. The Balaban J connectivity index is 1.76. The maximum Gasteiger partial charge on any atom is 0.205 e. The van der Waals surface area contributed by atoms with Crippen LogP contribution in [-0.4, -0.2) is 29.2 Å². The van der Waals surface area contributed by atoms with E-state index in [0.717, 1.165) is 38.0 Å². The maximum atomic E-state index is 5.76. The smallest absolute Gasteiger partial charge is 0.205 e. The van der Waals surface area contributed by atoms with Crippen molar-refractivity contribution in [2.24, 2.45) is 11.7 Å². The third-order valence-electron chi connectivity index (χ3n) is 4.30. The van der Waals surface area contributed by atoms with Gasteiger partial charge in [-0.3, -0.25) is 0 Å². The summed E-state index contributed by atoms with van der Waals surface area (Å²) in [5, 5.41) is 0. The van der Waals surface area contributed by atoms with Gasteiger partial charge in [0.1, 0.15) is 0 Å². The second-order valence-electron chi connectivity index (χ2n) is 5.69. The van der Waals surface area contributed by atoms with E-state index in [2.05, 4.69) is 22.6 Å². The van der Waals surface area contributed by atoms with Crippen LogP contribution in [-0.2, 0) is 6.42 Å². The molecule has 1 aromatic rings. The second-order valence-corrected chi connectivity index (χ2v) is 5.69. The molecule has 0 radical (unpaired) electrons. The van der Waals surface area contributed by atoms with Gasteiger partial charge in [0.25, 0.3) is 0 Å². The number of aryl methyl sites for hydroxylation is 1. The van der Waals surface area contributed by atoms with E-state index in [4.69, 9.17) is 10.7 Å². The second kappa shape index (κ2) is 4.92. The molecule has 0 atom stereocenters. The summed E-state index contributed by atoms with van der Waals surface area (Å²) in [6, 6.07) is 0.722. The summed E-state index contributed by atoms with van der Waals surface area (Å²) in [6.45, 7) is 5.26. The minimum absolute atomic E-state index is 0.719. The first kappa shape index (κ1) is 12.0. The number of nitrogens with two attached hydrogens (primary N) is 1. The number of rotatable bonds is 4. The van der Waals surface area contributed by atoms with E-state index in [1.807, 2.05) is 0 Å². The summed E-state index contributed by atoms with van der Waals surface area (Å²) in [4.78, 5) is 7.28. The zero-order valence-corrected chi connectivity index (χ0v) is 11.3. The molecule has 2 N–H and O–H groups in total. The molecule has 0 bridgehead atoms. The largest absolute Gasteiger partial charge is 0.342 e. The Labute approximate surface area is 109 Å². The van der Waals surface area contributed by atoms with Gasteiger partial charge in [0.2, 0.25) is 5.95 Å². The lowest BCUT2D eigenvalue weighted by atomic mass is 9.97. The molecule has 1 saturated heterocycles. The van der Waals surface area contributed by atoms with E-state index in [1.165, 1.54) is 37.3 Å².